The molecule has 0 unspecified atom stereocenters. The van der Waals surface area contributed by atoms with Gasteiger partial charge < -0.3 is 0 Å². The van der Waals surface area contributed by atoms with E-state index in [9.17, 15) is 0 Å². The lowest BCUT2D eigenvalue weighted by Crippen LogP contribution is -1.91. The van der Waals surface area contributed by atoms with Crippen molar-refractivity contribution in [1.29, 1.82) is 0 Å². The lowest BCUT2D eigenvalue weighted by molar-refractivity contribution is 0.729. The lowest BCUT2D eigenvalue weighted by Gasteiger charge is -2.07. The van der Waals surface area contributed by atoms with Crippen molar-refractivity contribution >= 4 is 0 Å². The summed E-state index contributed by atoms with van der Waals surface area (Å²) in [6, 6.07) is 0. The summed E-state index contributed by atoms with van der Waals surface area (Å²) < 4.78 is 0. The Kier molecular flexibility index (Phi) is 6.99. The Labute approximate surface area is 82.4 Å². The summed E-state index contributed by atoms with van der Waals surface area (Å²) in [5, 5.41) is 0. The van der Waals surface area contributed by atoms with Gasteiger partial charge in [0.05, 0.1) is 0 Å². The zero-order valence-corrected chi connectivity index (χ0v) is 8.79. The van der Waals surface area contributed by atoms with Gasteiger partial charge >= 0.3 is 0 Å². The van der Waals surface area contributed by atoms with E-state index in [4.69, 9.17) is 0 Å². The molecule has 1 atom stereocenters. The number of hydrogen-bond acceptors (Lipinski definition) is 0. The molecule has 0 spiro atoms. The van der Waals surface area contributed by atoms with Crippen LogP contribution in [0.5, 0.6) is 0 Å². The molecule has 1 aliphatic rings. The van der Waals surface area contributed by atoms with Crippen molar-refractivity contribution in [2.45, 2.75) is 26.7 Å². The van der Waals surface area contributed by atoms with Gasteiger partial charge in [0.15, 0.2) is 0 Å². The van der Waals surface area contributed by atoms with E-state index >= 15 is 0 Å². The van der Waals surface area contributed by atoms with Crippen molar-refractivity contribution in [1.82, 2.24) is 0 Å². The second-order valence-corrected chi connectivity index (χ2v) is 3.34. The second kappa shape index (κ2) is 7.60. The molecule has 0 saturated carbocycles. The van der Waals surface area contributed by atoms with Crippen LogP contribution < -0.4 is 0 Å². The van der Waals surface area contributed by atoms with Crippen LogP contribution in [-0.2, 0) is 0 Å². The van der Waals surface area contributed by atoms with Crippen LogP contribution in [0.1, 0.15) is 26.7 Å². The maximum absolute atomic E-state index is 3.48. The Bertz CT molecular complexity index is 200. The number of allylic oxidation sites excluding steroid dienone is 6. The number of hydrogen-bond donors (Lipinski definition) is 0. The predicted molar refractivity (Wildman–Crippen MR) is 61.7 cm³/mol. The normalized spacial score (nSPS) is 19.5. The molecule has 0 aliphatic heterocycles. The van der Waals surface area contributed by atoms with E-state index in [2.05, 4.69) is 45.2 Å². The van der Waals surface area contributed by atoms with Crippen molar-refractivity contribution in [3.05, 3.63) is 49.1 Å². The highest BCUT2D eigenvalue weighted by Crippen LogP contribution is 2.14. The largest absolute Gasteiger partial charge is 0.103 e. The van der Waals surface area contributed by atoms with Crippen molar-refractivity contribution in [3.8, 4) is 0 Å². The van der Waals surface area contributed by atoms with Gasteiger partial charge in [-0.3, -0.25) is 0 Å². The van der Waals surface area contributed by atoms with Crippen LogP contribution in [0, 0.1) is 5.92 Å². The van der Waals surface area contributed by atoms with Crippen LogP contribution in [0.15, 0.2) is 49.1 Å². The van der Waals surface area contributed by atoms with Gasteiger partial charge in [0.1, 0.15) is 0 Å². The van der Waals surface area contributed by atoms with E-state index in [-0.39, 0.29) is 0 Å². The third-order valence-electron chi connectivity index (χ3n) is 1.77. The van der Waals surface area contributed by atoms with E-state index < -0.39 is 0 Å². The zero-order valence-electron chi connectivity index (χ0n) is 8.79. The quantitative estimate of drug-likeness (QED) is 0.551. The molecule has 0 aromatic carbocycles. The average molecular weight is 176 g/mol. The van der Waals surface area contributed by atoms with E-state index in [0.29, 0.717) is 0 Å². The van der Waals surface area contributed by atoms with Gasteiger partial charge in [0.25, 0.3) is 0 Å². The highest BCUT2D eigenvalue weighted by Gasteiger charge is 1.98. The molecule has 0 aromatic rings. The zero-order chi connectivity index (χ0) is 10.1. The van der Waals surface area contributed by atoms with E-state index in [1.54, 1.807) is 0 Å². The SMILES string of the molecule is C=CCC=C.CC1=C[C@H](C)CC=C1. The van der Waals surface area contributed by atoms with Gasteiger partial charge in [-0.25, -0.2) is 0 Å². The molecule has 0 N–H and O–H groups in total. The highest BCUT2D eigenvalue weighted by atomic mass is 14.0. The predicted octanol–water partition coefficient (Wildman–Crippen LogP) is 4.28. The van der Waals surface area contributed by atoms with Crippen LogP contribution in [0.4, 0.5) is 0 Å². The van der Waals surface area contributed by atoms with Crippen LogP contribution >= 0.6 is 0 Å². The minimum absolute atomic E-state index is 0.764. The first kappa shape index (κ1) is 12.0. The molecule has 1 aliphatic carbocycles. The van der Waals surface area contributed by atoms with Gasteiger partial charge in [0, 0.05) is 0 Å². The van der Waals surface area contributed by atoms with Crippen LogP contribution in [-0.4, -0.2) is 0 Å². The minimum atomic E-state index is 0.764. The molecular weight excluding hydrogens is 156 g/mol. The van der Waals surface area contributed by atoms with Gasteiger partial charge in [-0.15, -0.1) is 13.2 Å². The fourth-order valence-corrected chi connectivity index (χ4v) is 1.16. The summed E-state index contributed by atoms with van der Waals surface area (Å²) >= 11 is 0. The van der Waals surface area contributed by atoms with Gasteiger partial charge in [-0.05, 0) is 25.7 Å². The lowest BCUT2D eigenvalue weighted by atomic mass is 9.99. The molecule has 0 bridgehead atoms. The molecule has 0 heterocycles. The summed E-state index contributed by atoms with van der Waals surface area (Å²) in [6.45, 7) is 11.3. The van der Waals surface area contributed by atoms with Gasteiger partial charge in [-0.1, -0.05) is 42.9 Å². The summed E-state index contributed by atoms with van der Waals surface area (Å²) in [4.78, 5) is 0. The first-order chi connectivity index (χ1) is 6.20. The molecule has 0 nitrogen and oxygen atoms in total. The molecule has 72 valence electrons. The standard InChI is InChI=1S/C8H12.C5H8/c1-7-4-3-5-8(2)6-7;1-3-5-4-2/h3-4,6,8H,5H2,1-2H3;3-4H,1-2,5H2/t8-;/m1./s1. The maximum atomic E-state index is 3.48. The highest BCUT2D eigenvalue weighted by molar-refractivity contribution is 5.20. The van der Waals surface area contributed by atoms with Crippen molar-refractivity contribution in [3.63, 3.8) is 0 Å². The fraction of sp³-hybridized carbons (Fsp3) is 0.385. The Balaban J connectivity index is 0.000000252. The molecule has 0 radical (unpaired) electrons. The Morgan fingerprint density at radius 3 is 2.31 bits per heavy atom. The topological polar surface area (TPSA) is 0 Å². The molecule has 1 rings (SSSR count). The molecule has 13 heavy (non-hydrogen) atoms. The van der Waals surface area contributed by atoms with E-state index in [1.807, 2.05) is 12.2 Å². The Morgan fingerprint density at radius 2 is 2.08 bits per heavy atom. The van der Waals surface area contributed by atoms with Gasteiger partial charge in [-0.2, -0.15) is 0 Å². The number of rotatable bonds is 2. The molecule has 0 fully saturated rings. The average Bonchev–Trinajstić information content (AvgIpc) is 2.06. The summed E-state index contributed by atoms with van der Waals surface area (Å²) in [5.74, 6) is 0.764. The third kappa shape index (κ3) is 7.32. The maximum Gasteiger partial charge on any atom is -0.0175 e. The van der Waals surface area contributed by atoms with E-state index in [1.165, 1.54) is 12.0 Å². The molecule has 0 aromatic heterocycles. The van der Waals surface area contributed by atoms with E-state index in [0.717, 1.165) is 12.3 Å². The molecular formula is C13H20. The van der Waals surface area contributed by atoms with Crippen LogP contribution in [0.2, 0.25) is 0 Å². The van der Waals surface area contributed by atoms with Crippen LogP contribution in [0.3, 0.4) is 0 Å². The first-order valence-corrected chi connectivity index (χ1v) is 4.77. The second-order valence-electron chi connectivity index (χ2n) is 3.34. The Morgan fingerprint density at radius 1 is 1.46 bits per heavy atom. The summed E-state index contributed by atoms with van der Waals surface area (Å²) in [5.41, 5.74) is 1.41. The van der Waals surface area contributed by atoms with Crippen molar-refractivity contribution in [2.75, 3.05) is 0 Å². The monoisotopic (exact) mass is 176 g/mol. The molecule has 0 saturated heterocycles. The van der Waals surface area contributed by atoms with Gasteiger partial charge in [0.2, 0.25) is 0 Å². The minimum Gasteiger partial charge on any atom is -0.103 e. The molecule has 0 heteroatoms. The van der Waals surface area contributed by atoms with Crippen molar-refractivity contribution in [2.24, 2.45) is 5.92 Å². The first-order valence-electron chi connectivity index (χ1n) is 4.77. The van der Waals surface area contributed by atoms with Crippen molar-refractivity contribution < 1.29 is 0 Å². The third-order valence-corrected chi connectivity index (χ3v) is 1.77. The summed E-state index contributed by atoms with van der Waals surface area (Å²) in [7, 11) is 0. The van der Waals surface area contributed by atoms with Crippen LogP contribution in [0.25, 0.3) is 0 Å². The summed E-state index contributed by atoms with van der Waals surface area (Å²) in [6.07, 6.45) is 12.5. The fourth-order valence-electron chi connectivity index (χ4n) is 1.16. The Hall–Kier alpha value is -1.04. The molecule has 0 amide bonds. The smallest absolute Gasteiger partial charge is 0.0175 e.